The molecule has 6 nitrogen and oxygen atoms in total. The van der Waals surface area contributed by atoms with E-state index in [4.69, 9.17) is 0 Å². The molecule has 4 aromatic rings. The van der Waals surface area contributed by atoms with E-state index >= 15 is 0 Å². The van der Waals surface area contributed by atoms with Gasteiger partial charge in [-0.25, -0.2) is 9.66 Å². The number of H-pyrrole nitrogens is 1. The Hall–Kier alpha value is -3.41. The minimum atomic E-state index is -0.275. The van der Waals surface area contributed by atoms with Gasteiger partial charge in [0.05, 0.1) is 16.7 Å². The van der Waals surface area contributed by atoms with Crippen LogP contribution in [0, 0.1) is 0 Å². The van der Waals surface area contributed by atoms with Crippen molar-refractivity contribution in [2.24, 2.45) is 0 Å². The summed E-state index contributed by atoms with van der Waals surface area (Å²) in [4.78, 5) is 16.6. The molecule has 4 rings (SSSR count). The molecular formula is C17H13N5O. The number of imidazole rings is 1. The molecule has 2 heterocycles. The van der Waals surface area contributed by atoms with E-state index in [1.807, 2.05) is 54.6 Å². The van der Waals surface area contributed by atoms with Crippen LogP contribution in [0.2, 0.25) is 0 Å². The lowest BCUT2D eigenvalue weighted by atomic mass is 10.1. The summed E-state index contributed by atoms with van der Waals surface area (Å²) in [5.74, 6) is -0.275. The average molecular weight is 303 g/mol. The van der Waals surface area contributed by atoms with E-state index < -0.39 is 0 Å². The first-order valence-electron chi connectivity index (χ1n) is 7.15. The number of rotatable bonds is 3. The number of hydrogen-bond acceptors (Lipinski definition) is 3. The van der Waals surface area contributed by atoms with E-state index in [-0.39, 0.29) is 5.91 Å². The highest BCUT2D eigenvalue weighted by Crippen LogP contribution is 2.17. The van der Waals surface area contributed by atoms with Crippen LogP contribution in [-0.4, -0.2) is 25.8 Å². The number of nitrogens with zero attached hydrogens (tertiary/aromatic N) is 3. The molecule has 0 fully saturated rings. The van der Waals surface area contributed by atoms with Crippen LogP contribution >= 0.6 is 0 Å². The van der Waals surface area contributed by atoms with Crippen LogP contribution in [0.25, 0.3) is 22.3 Å². The molecule has 6 heteroatoms. The lowest BCUT2D eigenvalue weighted by molar-refractivity contribution is 0.100. The summed E-state index contributed by atoms with van der Waals surface area (Å²) >= 11 is 0. The van der Waals surface area contributed by atoms with Crippen LogP contribution in [-0.2, 0) is 0 Å². The third kappa shape index (κ3) is 2.46. The van der Waals surface area contributed by atoms with Crippen LogP contribution in [0.4, 0.5) is 0 Å². The molecule has 112 valence electrons. The first-order chi connectivity index (χ1) is 11.3. The number of carbonyl (C=O) groups is 1. The molecule has 0 aliphatic carbocycles. The van der Waals surface area contributed by atoms with Crippen molar-refractivity contribution in [3.8, 4) is 11.3 Å². The summed E-state index contributed by atoms with van der Waals surface area (Å²) < 4.78 is 1.60. The molecule has 0 atom stereocenters. The fraction of sp³-hybridized carbons (Fsp3) is 0. The van der Waals surface area contributed by atoms with E-state index in [0.717, 1.165) is 22.3 Å². The summed E-state index contributed by atoms with van der Waals surface area (Å²) in [7, 11) is 0. The zero-order valence-corrected chi connectivity index (χ0v) is 12.1. The summed E-state index contributed by atoms with van der Waals surface area (Å²) in [5.41, 5.74) is 6.52. The van der Waals surface area contributed by atoms with Gasteiger partial charge in [0, 0.05) is 5.56 Å². The van der Waals surface area contributed by atoms with Gasteiger partial charge in [-0.2, -0.15) is 5.10 Å². The summed E-state index contributed by atoms with van der Waals surface area (Å²) in [6.07, 6.45) is 1.58. The predicted molar refractivity (Wildman–Crippen MR) is 87.4 cm³/mol. The smallest absolute Gasteiger partial charge is 0.272 e. The van der Waals surface area contributed by atoms with Gasteiger partial charge < -0.3 is 0 Å². The van der Waals surface area contributed by atoms with Crippen molar-refractivity contribution in [2.45, 2.75) is 0 Å². The Labute approximate surface area is 131 Å². The molecule has 0 aliphatic rings. The second kappa shape index (κ2) is 5.42. The Bertz CT molecular complexity index is 971. The molecular weight excluding hydrogens is 290 g/mol. The molecule has 0 saturated carbocycles. The van der Waals surface area contributed by atoms with Crippen LogP contribution in [0.15, 0.2) is 67.0 Å². The predicted octanol–water partition coefficient (Wildman–Crippen LogP) is 2.81. The summed E-state index contributed by atoms with van der Waals surface area (Å²) in [6.45, 7) is 0. The second-order valence-electron chi connectivity index (χ2n) is 5.08. The quantitative estimate of drug-likeness (QED) is 0.611. The van der Waals surface area contributed by atoms with E-state index in [2.05, 4.69) is 20.6 Å². The highest BCUT2D eigenvalue weighted by Gasteiger charge is 2.12. The Morgan fingerprint density at radius 3 is 2.70 bits per heavy atom. The SMILES string of the molecule is O=C(Nn1cnc2ccccc21)c1cc(-c2ccccc2)n[nH]1. The molecule has 0 aliphatic heterocycles. The van der Waals surface area contributed by atoms with E-state index in [0.29, 0.717) is 5.69 Å². The third-order valence-electron chi connectivity index (χ3n) is 3.57. The molecule has 1 amide bonds. The number of hydrogen-bond donors (Lipinski definition) is 2. The number of aromatic nitrogens is 4. The number of para-hydroxylation sites is 2. The van der Waals surface area contributed by atoms with E-state index in [1.54, 1.807) is 17.1 Å². The van der Waals surface area contributed by atoms with Gasteiger partial charge in [0.2, 0.25) is 0 Å². The zero-order valence-electron chi connectivity index (χ0n) is 12.1. The van der Waals surface area contributed by atoms with Crippen molar-refractivity contribution in [2.75, 3.05) is 5.43 Å². The van der Waals surface area contributed by atoms with Crippen LogP contribution in [0.3, 0.4) is 0 Å². The van der Waals surface area contributed by atoms with Gasteiger partial charge in [-0.1, -0.05) is 42.5 Å². The molecule has 0 unspecified atom stereocenters. The minimum Gasteiger partial charge on any atom is -0.272 e. The zero-order chi connectivity index (χ0) is 15.6. The van der Waals surface area contributed by atoms with Crippen molar-refractivity contribution in [3.63, 3.8) is 0 Å². The standard InChI is InChI=1S/C17H13N5O/c23-17(21-22-11-18-13-8-4-5-9-16(13)22)15-10-14(19-20-15)12-6-2-1-3-7-12/h1-11H,(H,19,20)(H,21,23). The monoisotopic (exact) mass is 303 g/mol. The minimum absolute atomic E-state index is 0.275. The molecule has 2 aromatic carbocycles. The van der Waals surface area contributed by atoms with Crippen molar-refractivity contribution in [3.05, 3.63) is 72.7 Å². The highest BCUT2D eigenvalue weighted by molar-refractivity contribution is 5.99. The first-order valence-corrected chi connectivity index (χ1v) is 7.15. The number of nitrogens with one attached hydrogen (secondary N) is 2. The van der Waals surface area contributed by atoms with Gasteiger partial charge in [0.25, 0.3) is 5.91 Å². The van der Waals surface area contributed by atoms with Crippen molar-refractivity contribution >= 4 is 16.9 Å². The molecule has 0 spiro atoms. The molecule has 0 radical (unpaired) electrons. The Morgan fingerprint density at radius 1 is 1.04 bits per heavy atom. The second-order valence-corrected chi connectivity index (χ2v) is 5.08. The fourth-order valence-electron chi connectivity index (χ4n) is 2.41. The molecule has 2 N–H and O–H groups in total. The largest absolute Gasteiger partial charge is 0.288 e. The third-order valence-corrected chi connectivity index (χ3v) is 3.57. The maximum absolute atomic E-state index is 12.4. The fourth-order valence-corrected chi connectivity index (χ4v) is 2.41. The average Bonchev–Trinajstić information content (AvgIpc) is 3.24. The van der Waals surface area contributed by atoms with Crippen molar-refractivity contribution in [1.82, 2.24) is 19.9 Å². The summed E-state index contributed by atoms with van der Waals surface area (Å²) in [6, 6.07) is 19.0. The van der Waals surface area contributed by atoms with E-state index in [1.165, 1.54) is 0 Å². The van der Waals surface area contributed by atoms with Gasteiger partial charge in [0.15, 0.2) is 0 Å². The lowest BCUT2D eigenvalue weighted by Gasteiger charge is -2.04. The van der Waals surface area contributed by atoms with Crippen molar-refractivity contribution in [1.29, 1.82) is 0 Å². The number of carbonyl (C=O) groups excluding carboxylic acids is 1. The van der Waals surface area contributed by atoms with Crippen molar-refractivity contribution < 1.29 is 4.79 Å². The normalized spacial score (nSPS) is 10.8. The maximum atomic E-state index is 12.4. The van der Waals surface area contributed by atoms with Gasteiger partial charge in [-0.05, 0) is 18.2 Å². The van der Waals surface area contributed by atoms with Crippen LogP contribution in [0.1, 0.15) is 10.5 Å². The first kappa shape index (κ1) is 13.3. The van der Waals surface area contributed by atoms with Gasteiger partial charge in [-0.15, -0.1) is 0 Å². The lowest BCUT2D eigenvalue weighted by Crippen LogP contribution is -2.22. The topological polar surface area (TPSA) is 75.6 Å². The number of aromatic amines is 1. The van der Waals surface area contributed by atoms with Crippen LogP contribution < -0.4 is 5.43 Å². The van der Waals surface area contributed by atoms with Gasteiger partial charge in [0.1, 0.15) is 12.0 Å². The Balaban J connectivity index is 1.59. The van der Waals surface area contributed by atoms with E-state index in [9.17, 15) is 4.79 Å². The number of benzene rings is 2. The van der Waals surface area contributed by atoms with Gasteiger partial charge >= 0.3 is 0 Å². The van der Waals surface area contributed by atoms with Crippen LogP contribution in [0.5, 0.6) is 0 Å². The molecule has 23 heavy (non-hydrogen) atoms. The number of amides is 1. The summed E-state index contributed by atoms with van der Waals surface area (Å²) in [5, 5.41) is 6.96. The Kier molecular flexibility index (Phi) is 3.12. The Morgan fingerprint density at radius 2 is 1.83 bits per heavy atom. The molecule has 0 saturated heterocycles. The molecule has 2 aromatic heterocycles. The number of fused-ring (bicyclic) bond motifs is 1. The highest BCUT2D eigenvalue weighted by atomic mass is 16.2. The van der Waals surface area contributed by atoms with Gasteiger partial charge in [-0.3, -0.25) is 15.3 Å². The molecule has 0 bridgehead atoms. The maximum Gasteiger partial charge on any atom is 0.288 e.